The van der Waals surface area contributed by atoms with Crippen LogP contribution in [0.3, 0.4) is 0 Å². The van der Waals surface area contributed by atoms with Gasteiger partial charge in [0.15, 0.2) is 0 Å². The van der Waals surface area contributed by atoms with E-state index in [1.54, 1.807) is 0 Å². The minimum atomic E-state index is -0.693. The molecule has 3 aromatic rings. The van der Waals surface area contributed by atoms with Crippen LogP contribution in [0.5, 0.6) is 0 Å². The van der Waals surface area contributed by atoms with Gasteiger partial charge in [-0.15, -0.1) is 0 Å². The van der Waals surface area contributed by atoms with Gasteiger partial charge in [0.25, 0.3) is 0 Å². The second kappa shape index (κ2) is 4.62. The van der Waals surface area contributed by atoms with Crippen LogP contribution in [-0.2, 0) is 0 Å². The van der Waals surface area contributed by atoms with Crippen LogP contribution >= 0.6 is 0 Å². The first-order valence-electron chi connectivity index (χ1n) is 7.28. The molecule has 4 rings (SSSR count). The van der Waals surface area contributed by atoms with E-state index in [1.807, 2.05) is 12.1 Å². The number of fused-ring (bicyclic) bond motifs is 1. The molecular formula is C18H19FN2. The van der Waals surface area contributed by atoms with Crippen LogP contribution < -0.4 is 4.90 Å². The van der Waals surface area contributed by atoms with Gasteiger partial charge in [-0.2, -0.15) is 0 Å². The van der Waals surface area contributed by atoms with Gasteiger partial charge in [-0.25, -0.2) is 4.39 Å². The number of aromatic nitrogens is 1. The summed E-state index contributed by atoms with van der Waals surface area (Å²) in [6.07, 6.45) is -0.693. The predicted molar refractivity (Wildman–Crippen MR) is 87.7 cm³/mol. The standard InChI is InChI=1S/C18H17FN2.H2/c1-12-6-7-18(21-10-14(19)11-21)15(8-12)17-9-13-4-2-3-5-16(13)20-17;/h2-9,14,20H,10-11H2,1H3;1H. The van der Waals surface area contributed by atoms with Gasteiger partial charge in [0, 0.05) is 29.3 Å². The smallest absolute Gasteiger partial charge is 0.135 e. The van der Waals surface area contributed by atoms with Gasteiger partial charge in [-0.3, -0.25) is 0 Å². The van der Waals surface area contributed by atoms with Gasteiger partial charge < -0.3 is 9.88 Å². The van der Waals surface area contributed by atoms with E-state index in [2.05, 4.69) is 53.2 Å². The molecule has 1 aromatic heterocycles. The number of nitrogens with zero attached hydrogens (tertiary/aromatic N) is 1. The minimum absolute atomic E-state index is 0. The van der Waals surface area contributed by atoms with Crippen molar-refractivity contribution in [3.05, 3.63) is 54.1 Å². The van der Waals surface area contributed by atoms with E-state index in [4.69, 9.17) is 0 Å². The maximum Gasteiger partial charge on any atom is 0.135 e. The van der Waals surface area contributed by atoms with E-state index in [9.17, 15) is 4.39 Å². The number of nitrogens with one attached hydrogen (secondary N) is 1. The molecule has 2 heterocycles. The van der Waals surface area contributed by atoms with Gasteiger partial charge in [0.2, 0.25) is 0 Å². The lowest BCUT2D eigenvalue weighted by Gasteiger charge is -2.37. The normalized spacial score (nSPS) is 15.4. The Morgan fingerprint density at radius 2 is 1.95 bits per heavy atom. The first-order valence-corrected chi connectivity index (χ1v) is 7.28. The molecule has 2 aromatic carbocycles. The lowest BCUT2D eigenvalue weighted by atomic mass is 10.0. The quantitative estimate of drug-likeness (QED) is 0.730. The largest absolute Gasteiger partial charge is 0.365 e. The molecule has 1 N–H and O–H groups in total. The van der Waals surface area contributed by atoms with Crippen molar-refractivity contribution in [1.29, 1.82) is 0 Å². The van der Waals surface area contributed by atoms with Crippen LogP contribution in [0.25, 0.3) is 22.2 Å². The number of rotatable bonds is 2. The number of anilines is 1. The van der Waals surface area contributed by atoms with E-state index in [0.717, 1.165) is 22.5 Å². The summed E-state index contributed by atoms with van der Waals surface area (Å²) in [5.74, 6) is 0. The van der Waals surface area contributed by atoms with Crippen LogP contribution in [0, 0.1) is 6.92 Å². The Balaban J connectivity index is 0.00000144. The van der Waals surface area contributed by atoms with Crippen molar-refractivity contribution in [2.24, 2.45) is 0 Å². The maximum absolute atomic E-state index is 13.2. The van der Waals surface area contributed by atoms with Crippen LogP contribution in [0.2, 0.25) is 0 Å². The molecule has 0 amide bonds. The summed E-state index contributed by atoms with van der Waals surface area (Å²) < 4.78 is 13.2. The molecule has 0 unspecified atom stereocenters. The van der Waals surface area contributed by atoms with Crippen LogP contribution in [0.15, 0.2) is 48.5 Å². The zero-order valence-electron chi connectivity index (χ0n) is 11.9. The van der Waals surface area contributed by atoms with Gasteiger partial charge in [-0.1, -0.05) is 29.8 Å². The molecule has 2 nitrogen and oxygen atoms in total. The average molecular weight is 282 g/mol. The lowest BCUT2D eigenvalue weighted by molar-refractivity contribution is 0.275. The monoisotopic (exact) mass is 282 g/mol. The Kier molecular flexibility index (Phi) is 2.74. The number of aromatic amines is 1. The molecule has 1 fully saturated rings. The molecule has 3 heteroatoms. The Bertz CT molecular complexity index is 773. The van der Waals surface area contributed by atoms with Gasteiger partial charge in [0.05, 0.1) is 13.1 Å². The number of aryl methyl sites for hydroxylation is 1. The first kappa shape index (κ1) is 12.5. The summed E-state index contributed by atoms with van der Waals surface area (Å²) in [6, 6.07) is 16.8. The summed E-state index contributed by atoms with van der Waals surface area (Å²) in [7, 11) is 0. The molecule has 0 spiro atoms. The second-order valence-corrected chi connectivity index (χ2v) is 5.79. The highest BCUT2D eigenvalue weighted by molar-refractivity contribution is 5.89. The molecule has 108 valence electrons. The average Bonchev–Trinajstić information content (AvgIpc) is 2.88. The second-order valence-electron chi connectivity index (χ2n) is 5.79. The van der Waals surface area contributed by atoms with Crippen molar-refractivity contribution in [2.75, 3.05) is 18.0 Å². The Labute approximate surface area is 124 Å². The summed E-state index contributed by atoms with van der Waals surface area (Å²) in [4.78, 5) is 5.58. The predicted octanol–water partition coefficient (Wildman–Crippen LogP) is 4.55. The molecule has 1 aliphatic rings. The number of hydrogen-bond donors (Lipinski definition) is 1. The van der Waals surface area contributed by atoms with Crippen molar-refractivity contribution in [2.45, 2.75) is 13.1 Å². The number of benzene rings is 2. The third-order valence-corrected chi connectivity index (χ3v) is 4.15. The van der Waals surface area contributed by atoms with E-state index >= 15 is 0 Å². The van der Waals surface area contributed by atoms with Crippen molar-refractivity contribution >= 4 is 16.6 Å². The maximum atomic E-state index is 13.2. The molecule has 1 saturated heterocycles. The number of para-hydroxylation sites is 1. The highest BCUT2D eigenvalue weighted by atomic mass is 19.1. The SMILES string of the molecule is Cc1ccc(N2CC(F)C2)c(-c2cc3ccccc3[nH]2)c1.[HH]. The summed E-state index contributed by atoms with van der Waals surface area (Å²) in [5.41, 5.74) is 5.70. The van der Waals surface area contributed by atoms with Gasteiger partial charge >= 0.3 is 0 Å². The van der Waals surface area contributed by atoms with E-state index in [1.165, 1.54) is 10.9 Å². The van der Waals surface area contributed by atoms with E-state index in [0.29, 0.717) is 13.1 Å². The van der Waals surface area contributed by atoms with Gasteiger partial charge in [-0.05, 0) is 31.2 Å². The molecule has 21 heavy (non-hydrogen) atoms. The first-order chi connectivity index (χ1) is 10.2. The van der Waals surface area contributed by atoms with E-state index in [-0.39, 0.29) is 1.43 Å². The van der Waals surface area contributed by atoms with Crippen LogP contribution in [0.1, 0.15) is 6.99 Å². The summed E-state index contributed by atoms with van der Waals surface area (Å²) in [5, 5.41) is 1.20. The third kappa shape index (κ3) is 2.09. The molecule has 0 saturated carbocycles. The Morgan fingerprint density at radius 3 is 2.71 bits per heavy atom. The fourth-order valence-corrected chi connectivity index (χ4v) is 2.98. The number of hydrogen-bond acceptors (Lipinski definition) is 1. The molecule has 0 atom stereocenters. The lowest BCUT2D eigenvalue weighted by Crippen LogP contribution is -2.48. The zero-order chi connectivity index (χ0) is 14.4. The fraction of sp³-hybridized carbons (Fsp3) is 0.222. The summed E-state index contributed by atoms with van der Waals surface area (Å²) >= 11 is 0. The highest BCUT2D eigenvalue weighted by Crippen LogP contribution is 2.35. The summed E-state index contributed by atoms with van der Waals surface area (Å²) in [6.45, 7) is 3.08. The fourth-order valence-electron chi connectivity index (χ4n) is 2.98. The third-order valence-electron chi connectivity index (χ3n) is 4.15. The van der Waals surface area contributed by atoms with Crippen molar-refractivity contribution in [3.8, 4) is 11.3 Å². The number of halogens is 1. The highest BCUT2D eigenvalue weighted by Gasteiger charge is 2.28. The van der Waals surface area contributed by atoms with Crippen LogP contribution in [-0.4, -0.2) is 24.2 Å². The molecule has 0 radical (unpaired) electrons. The zero-order valence-corrected chi connectivity index (χ0v) is 11.9. The molecule has 0 bridgehead atoms. The van der Waals surface area contributed by atoms with Crippen molar-refractivity contribution < 1.29 is 5.82 Å². The van der Waals surface area contributed by atoms with Gasteiger partial charge in [0.1, 0.15) is 6.17 Å². The van der Waals surface area contributed by atoms with Crippen molar-refractivity contribution in [1.82, 2.24) is 4.98 Å². The topological polar surface area (TPSA) is 19.0 Å². The number of H-pyrrole nitrogens is 1. The van der Waals surface area contributed by atoms with E-state index < -0.39 is 6.17 Å². The molecule has 1 aliphatic heterocycles. The van der Waals surface area contributed by atoms with Crippen LogP contribution in [0.4, 0.5) is 10.1 Å². The Morgan fingerprint density at radius 1 is 1.14 bits per heavy atom. The molecule has 0 aliphatic carbocycles. The minimum Gasteiger partial charge on any atom is -0.365 e. The number of alkyl halides is 1. The Hall–Kier alpha value is -2.29. The van der Waals surface area contributed by atoms with Crippen molar-refractivity contribution in [3.63, 3.8) is 0 Å². The molecular weight excluding hydrogens is 263 g/mol.